The Hall–Kier alpha value is -1.58. The minimum absolute atomic E-state index is 0.0916. The molecular weight excluding hydrogens is 396 g/mol. The van der Waals surface area contributed by atoms with Gasteiger partial charge in [0.1, 0.15) is 5.82 Å². The second-order valence-corrected chi connectivity index (χ2v) is 9.88. The Bertz CT molecular complexity index is 897. The first kappa shape index (κ1) is 19.2. The molecule has 0 aliphatic carbocycles. The van der Waals surface area contributed by atoms with Gasteiger partial charge >= 0.3 is 0 Å². The van der Waals surface area contributed by atoms with Gasteiger partial charge < -0.3 is 9.88 Å². The summed E-state index contributed by atoms with van der Waals surface area (Å²) in [6.45, 7) is 0. The minimum Gasteiger partial charge on any atom is -0.325 e. The van der Waals surface area contributed by atoms with E-state index in [1.54, 1.807) is 24.3 Å². The number of carbonyl (C=O) groups excluding carboxylic acids is 1. The van der Waals surface area contributed by atoms with Crippen molar-refractivity contribution in [2.24, 2.45) is 13.0 Å². The second kappa shape index (κ2) is 7.98. The molecule has 7 nitrogen and oxygen atoms in total. The Balaban J connectivity index is 1.53. The Labute approximate surface area is 161 Å². The average Bonchev–Trinajstić information content (AvgIpc) is 3.11. The number of anilines is 1. The predicted octanol–water partition coefficient (Wildman–Crippen LogP) is 2.18. The van der Waals surface area contributed by atoms with Gasteiger partial charge in [0, 0.05) is 24.2 Å². The number of rotatable bonds is 6. The maximum atomic E-state index is 12.0. The average molecular weight is 415 g/mol. The normalized spacial score (nSPS) is 18.8. The van der Waals surface area contributed by atoms with Crippen molar-refractivity contribution in [1.82, 2.24) is 14.8 Å². The van der Waals surface area contributed by atoms with E-state index in [4.69, 9.17) is 11.6 Å². The fourth-order valence-electron chi connectivity index (χ4n) is 2.80. The first-order valence-corrected chi connectivity index (χ1v) is 11.3. The van der Waals surface area contributed by atoms with E-state index in [1.165, 1.54) is 11.8 Å². The van der Waals surface area contributed by atoms with Crippen molar-refractivity contribution in [3.8, 4) is 0 Å². The molecule has 1 fully saturated rings. The third-order valence-electron chi connectivity index (χ3n) is 4.18. The molecule has 1 aromatic heterocycles. The van der Waals surface area contributed by atoms with Crippen LogP contribution in [-0.2, 0) is 28.1 Å². The molecule has 1 atom stereocenters. The summed E-state index contributed by atoms with van der Waals surface area (Å²) in [5.41, 5.74) is 0.682. The predicted molar refractivity (Wildman–Crippen MR) is 102 cm³/mol. The number of carbonyl (C=O) groups is 1. The van der Waals surface area contributed by atoms with Crippen LogP contribution in [0.1, 0.15) is 12.2 Å². The fraction of sp³-hybridized carbons (Fsp3) is 0.438. The third-order valence-corrected chi connectivity index (χ3v) is 7.29. The lowest BCUT2D eigenvalue weighted by atomic mass is 10.1. The van der Waals surface area contributed by atoms with E-state index in [9.17, 15) is 13.2 Å². The van der Waals surface area contributed by atoms with Gasteiger partial charge in [-0.25, -0.2) is 8.42 Å². The van der Waals surface area contributed by atoms with Crippen molar-refractivity contribution in [3.05, 3.63) is 35.1 Å². The molecule has 2 heterocycles. The van der Waals surface area contributed by atoms with Gasteiger partial charge in [-0.3, -0.25) is 4.79 Å². The van der Waals surface area contributed by atoms with E-state index in [0.717, 1.165) is 5.82 Å². The molecule has 1 aromatic carbocycles. The van der Waals surface area contributed by atoms with E-state index in [1.807, 2.05) is 11.6 Å². The maximum absolute atomic E-state index is 12.0. The van der Waals surface area contributed by atoms with Crippen LogP contribution in [0.25, 0.3) is 0 Å². The number of amides is 1. The lowest BCUT2D eigenvalue weighted by Gasteiger charge is -2.08. The Morgan fingerprint density at radius 3 is 2.73 bits per heavy atom. The highest BCUT2D eigenvalue weighted by molar-refractivity contribution is 7.99. The molecule has 0 spiro atoms. The topological polar surface area (TPSA) is 93.9 Å². The zero-order valence-corrected chi connectivity index (χ0v) is 16.6. The monoisotopic (exact) mass is 414 g/mol. The molecule has 2 aromatic rings. The van der Waals surface area contributed by atoms with Crippen LogP contribution >= 0.6 is 23.4 Å². The molecule has 1 aliphatic rings. The van der Waals surface area contributed by atoms with Gasteiger partial charge in [-0.1, -0.05) is 23.4 Å². The number of benzene rings is 1. The maximum Gasteiger partial charge on any atom is 0.234 e. The molecule has 10 heteroatoms. The van der Waals surface area contributed by atoms with Gasteiger partial charge in [0.05, 0.1) is 17.3 Å². The molecule has 1 amide bonds. The van der Waals surface area contributed by atoms with E-state index >= 15 is 0 Å². The van der Waals surface area contributed by atoms with Gasteiger partial charge in [-0.2, -0.15) is 0 Å². The van der Waals surface area contributed by atoms with Gasteiger partial charge in [0.15, 0.2) is 15.0 Å². The van der Waals surface area contributed by atoms with Crippen LogP contribution in [0.3, 0.4) is 0 Å². The number of halogens is 1. The van der Waals surface area contributed by atoms with Gasteiger partial charge in [-0.15, -0.1) is 10.2 Å². The minimum atomic E-state index is -2.90. The van der Waals surface area contributed by atoms with E-state index in [2.05, 4.69) is 15.5 Å². The van der Waals surface area contributed by atoms with Crippen LogP contribution in [0.5, 0.6) is 0 Å². The van der Waals surface area contributed by atoms with Crippen molar-refractivity contribution >= 4 is 44.8 Å². The van der Waals surface area contributed by atoms with Crippen molar-refractivity contribution in [1.29, 1.82) is 0 Å². The van der Waals surface area contributed by atoms with E-state index in [-0.39, 0.29) is 29.1 Å². The molecule has 140 valence electrons. The lowest BCUT2D eigenvalue weighted by molar-refractivity contribution is -0.113. The molecule has 1 aliphatic heterocycles. The van der Waals surface area contributed by atoms with Crippen LogP contribution in [-0.4, -0.2) is 46.3 Å². The standard InChI is InChI=1S/C16H19ClN4O3S2/c1-21-14(8-11-6-7-26(23,24)10-11)19-20-16(21)25-9-15(22)18-13-4-2-12(17)3-5-13/h2-5,11H,6-10H2,1H3,(H,18,22)/t11-/m0/s1. The van der Waals surface area contributed by atoms with Crippen LogP contribution < -0.4 is 5.32 Å². The molecule has 0 unspecified atom stereocenters. The van der Waals surface area contributed by atoms with E-state index in [0.29, 0.717) is 28.7 Å². The molecule has 0 radical (unpaired) electrons. The number of hydrogen-bond donors (Lipinski definition) is 1. The van der Waals surface area contributed by atoms with Crippen molar-refractivity contribution in [2.45, 2.75) is 18.0 Å². The quantitative estimate of drug-likeness (QED) is 0.728. The third kappa shape index (κ3) is 4.99. The van der Waals surface area contributed by atoms with Crippen LogP contribution in [0.4, 0.5) is 5.69 Å². The highest BCUT2D eigenvalue weighted by Gasteiger charge is 2.29. The number of thioether (sulfide) groups is 1. The second-order valence-electron chi connectivity index (χ2n) is 6.27. The summed E-state index contributed by atoms with van der Waals surface area (Å²) >= 11 is 7.11. The number of nitrogens with zero attached hydrogens (tertiary/aromatic N) is 3. The molecule has 3 rings (SSSR count). The Morgan fingerprint density at radius 1 is 1.35 bits per heavy atom. The molecule has 1 saturated heterocycles. The smallest absolute Gasteiger partial charge is 0.234 e. The first-order chi connectivity index (χ1) is 12.3. The van der Waals surface area contributed by atoms with Crippen LogP contribution in [0.2, 0.25) is 5.02 Å². The summed E-state index contributed by atoms with van der Waals surface area (Å²) in [4.78, 5) is 12.0. The number of nitrogens with one attached hydrogen (secondary N) is 1. The highest BCUT2D eigenvalue weighted by Crippen LogP contribution is 2.24. The van der Waals surface area contributed by atoms with Crippen molar-refractivity contribution in [2.75, 3.05) is 22.6 Å². The lowest BCUT2D eigenvalue weighted by Crippen LogP contribution is -2.14. The van der Waals surface area contributed by atoms with Gasteiger partial charge in [0.2, 0.25) is 5.91 Å². The summed E-state index contributed by atoms with van der Waals surface area (Å²) < 4.78 is 25.0. The number of aromatic nitrogens is 3. The van der Waals surface area contributed by atoms with Crippen LogP contribution in [0.15, 0.2) is 29.4 Å². The van der Waals surface area contributed by atoms with Crippen molar-refractivity contribution in [3.63, 3.8) is 0 Å². The summed E-state index contributed by atoms with van der Waals surface area (Å²) in [5, 5.41) is 12.3. The highest BCUT2D eigenvalue weighted by atomic mass is 35.5. The Kier molecular flexibility index (Phi) is 5.89. The van der Waals surface area contributed by atoms with Crippen LogP contribution in [0, 0.1) is 5.92 Å². The largest absolute Gasteiger partial charge is 0.325 e. The van der Waals surface area contributed by atoms with E-state index < -0.39 is 9.84 Å². The van der Waals surface area contributed by atoms with Crippen molar-refractivity contribution < 1.29 is 13.2 Å². The molecule has 0 bridgehead atoms. The molecule has 1 N–H and O–H groups in total. The van der Waals surface area contributed by atoms with Gasteiger partial charge in [-0.05, 0) is 36.6 Å². The number of sulfone groups is 1. The zero-order chi connectivity index (χ0) is 18.7. The summed E-state index contributed by atoms with van der Waals surface area (Å²) in [6.07, 6.45) is 1.25. The molecule has 26 heavy (non-hydrogen) atoms. The Morgan fingerprint density at radius 2 is 2.08 bits per heavy atom. The molecule has 0 saturated carbocycles. The first-order valence-electron chi connectivity index (χ1n) is 8.09. The number of hydrogen-bond acceptors (Lipinski definition) is 6. The summed E-state index contributed by atoms with van der Waals surface area (Å²) in [7, 11) is -1.07. The van der Waals surface area contributed by atoms with Gasteiger partial charge in [0.25, 0.3) is 0 Å². The molecular formula is C16H19ClN4O3S2. The summed E-state index contributed by atoms with van der Waals surface area (Å²) in [5.74, 6) is 1.35. The summed E-state index contributed by atoms with van der Waals surface area (Å²) in [6, 6.07) is 6.90. The zero-order valence-electron chi connectivity index (χ0n) is 14.2. The SMILES string of the molecule is Cn1c(C[C@@H]2CCS(=O)(=O)C2)nnc1SCC(=O)Nc1ccc(Cl)cc1. The fourth-order valence-corrected chi connectivity index (χ4v) is 5.52.